The van der Waals surface area contributed by atoms with E-state index in [0.29, 0.717) is 17.9 Å². The molecule has 0 amide bonds. The van der Waals surface area contributed by atoms with Gasteiger partial charge in [0, 0.05) is 25.6 Å². The Balaban J connectivity index is 1.80. The van der Waals surface area contributed by atoms with E-state index in [1.54, 1.807) is 4.31 Å². The van der Waals surface area contributed by atoms with Crippen LogP contribution in [0.25, 0.3) is 0 Å². The van der Waals surface area contributed by atoms with Crippen molar-refractivity contribution in [3.05, 3.63) is 70.8 Å². The van der Waals surface area contributed by atoms with Gasteiger partial charge < -0.3 is 4.90 Å². The van der Waals surface area contributed by atoms with E-state index < -0.39 is 10.0 Å². The molecule has 0 saturated carbocycles. The molecule has 0 saturated heterocycles. The Bertz CT molecular complexity index is 1060. The Morgan fingerprint density at radius 1 is 1.13 bits per heavy atom. The van der Waals surface area contributed by atoms with E-state index in [0.717, 1.165) is 60.3 Å². The minimum Gasteiger partial charge on any atom is -0.305 e. The van der Waals surface area contributed by atoms with Gasteiger partial charge in [0.2, 0.25) is 0 Å². The number of anilines is 1. The molecule has 4 nitrogen and oxygen atoms in total. The van der Waals surface area contributed by atoms with Crippen LogP contribution >= 0.6 is 0 Å². The van der Waals surface area contributed by atoms with Crippen molar-refractivity contribution in [3.63, 3.8) is 0 Å². The minimum atomic E-state index is -3.63. The topological polar surface area (TPSA) is 40.6 Å². The van der Waals surface area contributed by atoms with Gasteiger partial charge in [0.05, 0.1) is 10.6 Å². The molecule has 0 aromatic heterocycles. The van der Waals surface area contributed by atoms with E-state index in [4.69, 9.17) is 0 Å². The molecular formula is C25H32N2O2S. The second-order valence-corrected chi connectivity index (χ2v) is 10.4. The van der Waals surface area contributed by atoms with E-state index in [1.807, 2.05) is 38.1 Å². The van der Waals surface area contributed by atoms with Crippen molar-refractivity contribution in [2.24, 2.45) is 0 Å². The molecule has 0 radical (unpaired) electrons. The summed E-state index contributed by atoms with van der Waals surface area (Å²) in [6.45, 7) is 6.53. The summed E-state index contributed by atoms with van der Waals surface area (Å²) in [5, 5.41) is 0. The zero-order valence-electron chi connectivity index (χ0n) is 18.3. The van der Waals surface area contributed by atoms with Gasteiger partial charge in [0.25, 0.3) is 10.0 Å². The van der Waals surface area contributed by atoms with Crippen LogP contribution in [-0.2, 0) is 22.9 Å². The summed E-state index contributed by atoms with van der Waals surface area (Å²) in [6.07, 6.45) is 7.98. The minimum absolute atomic E-state index is 0.215. The van der Waals surface area contributed by atoms with Crippen molar-refractivity contribution >= 4 is 15.7 Å². The highest BCUT2D eigenvalue weighted by Gasteiger charge is 2.32. The van der Waals surface area contributed by atoms with Crippen LogP contribution in [0.1, 0.15) is 47.9 Å². The van der Waals surface area contributed by atoms with Crippen molar-refractivity contribution in [1.29, 1.82) is 0 Å². The zero-order chi connectivity index (χ0) is 21.3. The molecule has 0 spiro atoms. The molecule has 2 aliphatic heterocycles. The number of rotatable bonds is 4. The second-order valence-electron chi connectivity index (χ2n) is 8.57. The maximum atomic E-state index is 13.9. The molecule has 0 bridgehead atoms. The molecular weight excluding hydrogens is 392 g/mol. The lowest BCUT2D eigenvalue weighted by Crippen LogP contribution is -2.36. The van der Waals surface area contributed by atoms with Gasteiger partial charge in [0.1, 0.15) is 0 Å². The Kier molecular flexibility index (Phi) is 6.03. The number of benzene rings is 2. The average molecular weight is 425 g/mol. The lowest BCUT2D eigenvalue weighted by Gasteiger charge is -2.32. The molecule has 1 atom stereocenters. The van der Waals surface area contributed by atoms with Gasteiger partial charge in [-0.1, -0.05) is 49.4 Å². The van der Waals surface area contributed by atoms with Crippen LogP contribution in [0.2, 0.25) is 0 Å². The van der Waals surface area contributed by atoms with Crippen LogP contribution in [-0.4, -0.2) is 40.0 Å². The fraction of sp³-hybridized carbons (Fsp3) is 0.440. The maximum absolute atomic E-state index is 13.9. The quantitative estimate of drug-likeness (QED) is 0.670. The standard InChI is InChI=1S/C25H32N2O2S/c1-4-20-13-14-22(23-10-5-6-15-26(3)18-23)17-24(20)30(28,29)27-16-8-12-21-11-7-9-19(2)25(21)27/h5,7,9-11,13-14,17,23H,4,6,8,12,15-16,18H2,1-3H3. The third-order valence-corrected chi connectivity index (χ3v) is 8.28. The van der Waals surface area contributed by atoms with E-state index in [-0.39, 0.29) is 5.92 Å². The summed E-state index contributed by atoms with van der Waals surface area (Å²) >= 11 is 0. The Labute approximate surface area is 181 Å². The average Bonchev–Trinajstić information content (AvgIpc) is 2.97. The van der Waals surface area contributed by atoms with Gasteiger partial charge in [-0.15, -0.1) is 0 Å². The highest BCUT2D eigenvalue weighted by Crippen LogP contribution is 2.36. The van der Waals surface area contributed by atoms with E-state index >= 15 is 0 Å². The molecule has 30 heavy (non-hydrogen) atoms. The monoisotopic (exact) mass is 424 g/mol. The third kappa shape index (κ3) is 3.93. The first-order chi connectivity index (χ1) is 14.4. The molecule has 0 fully saturated rings. The number of fused-ring (bicyclic) bond motifs is 1. The smallest absolute Gasteiger partial charge is 0.264 e. The zero-order valence-corrected chi connectivity index (χ0v) is 19.1. The predicted molar refractivity (Wildman–Crippen MR) is 124 cm³/mol. The number of likely N-dealkylation sites (N-methyl/N-ethyl adjacent to an activating group) is 1. The summed E-state index contributed by atoms with van der Waals surface area (Å²) in [5.74, 6) is 0.215. The predicted octanol–water partition coefficient (Wildman–Crippen LogP) is 4.67. The number of para-hydroxylation sites is 1. The summed E-state index contributed by atoms with van der Waals surface area (Å²) < 4.78 is 29.6. The van der Waals surface area contributed by atoms with Gasteiger partial charge in [0.15, 0.2) is 0 Å². The van der Waals surface area contributed by atoms with Crippen molar-refractivity contribution < 1.29 is 8.42 Å². The van der Waals surface area contributed by atoms with E-state index in [9.17, 15) is 8.42 Å². The molecule has 2 aliphatic rings. The second kappa shape index (κ2) is 8.56. The van der Waals surface area contributed by atoms with Crippen molar-refractivity contribution in [2.45, 2.75) is 50.3 Å². The SMILES string of the molecule is CCc1ccc(C2C=CCCN(C)C2)cc1S(=O)(=O)N1CCCc2cccc(C)c21. The first kappa shape index (κ1) is 21.1. The molecule has 4 rings (SSSR count). The largest absolute Gasteiger partial charge is 0.305 e. The van der Waals surface area contributed by atoms with Crippen LogP contribution in [0.15, 0.2) is 53.4 Å². The first-order valence-corrected chi connectivity index (χ1v) is 12.4. The van der Waals surface area contributed by atoms with Gasteiger partial charge in [-0.05, 0) is 68.0 Å². The number of hydrogen-bond acceptors (Lipinski definition) is 3. The fourth-order valence-corrected chi connectivity index (χ4v) is 6.69. The number of sulfonamides is 1. The van der Waals surface area contributed by atoms with Gasteiger partial charge in [-0.25, -0.2) is 8.42 Å². The van der Waals surface area contributed by atoms with Gasteiger partial charge >= 0.3 is 0 Å². The third-order valence-electron chi connectivity index (χ3n) is 6.40. The molecule has 2 aromatic carbocycles. The Hall–Kier alpha value is -2.11. The molecule has 5 heteroatoms. The van der Waals surface area contributed by atoms with Crippen LogP contribution in [0.5, 0.6) is 0 Å². The Morgan fingerprint density at radius 3 is 2.77 bits per heavy atom. The molecule has 1 unspecified atom stereocenters. The maximum Gasteiger partial charge on any atom is 0.264 e. The van der Waals surface area contributed by atoms with Crippen LogP contribution in [0.4, 0.5) is 5.69 Å². The van der Waals surface area contributed by atoms with E-state index in [1.165, 1.54) is 0 Å². The number of aryl methyl sites for hydroxylation is 3. The first-order valence-electron chi connectivity index (χ1n) is 11.0. The Morgan fingerprint density at radius 2 is 1.97 bits per heavy atom. The number of hydrogen-bond donors (Lipinski definition) is 0. The van der Waals surface area contributed by atoms with Crippen LogP contribution < -0.4 is 4.31 Å². The van der Waals surface area contributed by atoms with Gasteiger partial charge in [-0.2, -0.15) is 0 Å². The van der Waals surface area contributed by atoms with E-state index in [2.05, 4.69) is 36.2 Å². The number of nitrogens with zero attached hydrogens (tertiary/aromatic N) is 2. The van der Waals surface area contributed by atoms with Crippen LogP contribution in [0.3, 0.4) is 0 Å². The van der Waals surface area contributed by atoms with Gasteiger partial charge in [-0.3, -0.25) is 4.31 Å². The summed E-state index contributed by atoms with van der Waals surface area (Å²) in [6, 6.07) is 12.2. The lowest BCUT2D eigenvalue weighted by molar-refractivity contribution is 0.339. The highest BCUT2D eigenvalue weighted by atomic mass is 32.2. The molecule has 0 N–H and O–H groups in total. The lowest BCUT2D eigenvalue weighted by atomic mass is 9.97. The summed E-state index contributed by atoms with van der Waals surface area (Å²) in [7, 11) is -1.50. The molecule has 2 aromatic rings. The fourth-order valence-electron chi connectivity index (χ4n) is 4.76. The molecule has 0 aliphatic carbocycles. The summed E-state index contributed by atoms with van der Waals surface area (Å²) in [5.41, 5.74) is 5.01. The normalized spacial score (nSPS) is 20.1. The molecule has 160 valence electrons. The van der Waals surface area contributed by atoms with Crippen LogP contribution in [0, 0.1) is 6.92 Å². The van der Waals surface area contributed by atoms with Crippen molar-refractivity contribution in [2.75, 3.05) is 31.0 Å². The summed E-state index contributed by atoms with van der Waals surface area (Å²) in [4.78, 5) is 2.79. The highest BCUT2D eigenvalue weighted by molar-refractivity contribution is 7.92. The molecule has 2 heterocycles. The van der Waals surface area contributed by atoms with Crippen molar-refractivity contribution in [1.82, 2.24) is 4.90 Å². The van der Waals surface area contributed by atoms with Crippen molar-refractivity contribution in [3.8, 4) is 0 Å².